The van der Waals surface area contributed by atoms with Gasteiger partial charge in [-0.15, -0.1) is 0 Å². The van der Waals surface area contributed by atoms with Crippen molar-refractivity contribution >= 4 is 17.0 Å². The third kappa shape index (κ3) is 3.46. The fourth-order valence-electron chi connectivity index (χ4n) is 2.65. The van der Waals surface area contributed by atoms with Gasteiger partial charge in [-0.3, -0.25) is 4.90 Å². The van der Waals surface area contributed by atoms with Crippen LogP contribution in [0.15, 0.2) is 65.3 Å². The molecule has 0 saturated carbocycles. The highest BCUT2D eigenvalue weighted by atomic mass is 16.3. The van der Waals surface area contributed by atoms with Crippen molar-refractivity contribution in [1.82, 2.24) is 4.90 Å². The minimum atomic E-state index is 0.884. The second-order valence-electron chi connectivity index (χ2n) is 5.77. The molecule has 0 atom stereocenters. The van der Waals surface area contributed by atoms with E-state index in [1.165, 1.54) is 22.1 Å². The molecule has 0 radical (unpaired) electrons. The van der Waals surface area contributed by atoms with Gasteiger partial charge in [-0.2, -0.15) is 0 Å². The molecule has 0 aliphatic carbocycles. The molecule has 0 amide bonds. The average molecular weight is 291 g/mol. The van der Waals surface area contributed by atoms with Crippen molar-refractivity contribution in [2.75, 3.05) is 13.6 Å². The molecule has 0 saturated heterocycles. The molecule has 112 valence electrons. The van der Waals surface area contributed by atoms with E-state index >= 15 is 0 Å². The van der Waals surface area contributed by atoms with E-state index < -0.39 is 0 Å². The Morgan fingerprint density at radius 2 is 1.95 bits per heavy atom. The number of aryl methyl sites for hydroxylation is 1. The largest absolute Gasteiger partial charge is 0.464 e. The Kier molecular flexibility index (Phi) is 4.40. The summed E-state index contributed by atoms with van der Waals surface area (Å²) >= 11 is 0. The molecular formula is C20H21NO. The van der Waals surface area contributed by atoms with E-state index in [-0.39, 0.29) is 0 Å². The summed E-state index contributed by atoms with van der Waals surface area (Å²) in [6.45, 7) is 3.91. The summed E-state index contributed by atoms with van der Waals surface area (Å²) in [6, 6.07) is 16.7. The number of fused-ring (bicyclic) bond motifs is 1. The minimum absolute atomic E-state index is 0.884. The molecule has 0 unspecified atom stereocenters. The summed E-state index contributed by atoms with van der Waals surface area (Å²) in [5, 5.41) is 1.21. The maximum Gasteiger partial charge on any atom is 0.134 e. The molecule has 0 bridgehead atoms. The van der Waals surface area contributed by atoms with Crippen LogP contribution in [0.2, 0.25) is 0 Å². The van der Waals surface area contributed by atoms with Crippen molar-refractivity contribution in [3.63, 3.8) is 0 Å². The van der Waals surface area contributed by atoms with Crippen LogP contribution in [0.4, 0.5) is 0 Å². The summed E-state index contributed by atoms with van der Waals surface area (Å²) in [5.74, 6) is 0. The standard InChI is InChI=1S/C20H21NO/c1-16-7-5-8-17(13-16)9-6-12-21(2)14-18-15-22-20-11-4-3-10-19(18)20/h3-11,13,15H,12,14H2,1-2H3/b9-6+. The lowest BCUT2D eigenvalue weighted by Crippen LogP contribution is -2.17. The summed E-state index contributed by atoms with van der Waals surface area (Å²) in [6.07, 6.45) is 6.25. The maximum absolute atomic E-state index is 5.59. The van der Waals surface area contributed by atoms with Gasteiger partial charge in [0.1, 0.15) is 5.58 Å². The van der Waals surface area contributed by atoms with Crippen LogP contribution in [-0.2, 0) is 6.54 Å². The molecule has 0 spiro atoms. The van der Waals surface area contributed by atoms with Gasteiger partial charge >= 0.3 is 0 Å². The maximum atomic E-state index is 5.59. The topological polar surface area (TPSA) is 16.4 Å². The van der Waals surface area contributed by atoms with Gasteiger partial charge in [-0.25, -0.2) is 0 Å². The van der Waals surface area contributed by atoms with Crippen molar-refractivity contribution in [3.8, 4) is 0 Å². The lowest BCUT2D eigenvalue weighted by molar-refractivity contribution is 0.363. The SMILES string of the molecule is Cc1cccc(/C=C/CN(C)Cc2coc3ccccc23)c1. The van der Waals surface area contributed by atoms with E-state index in [1.807, 2.05) is 18.4 Å². The second-order valence-corrected chi connectivity index (χ2v) is 5.77. The first kappa shape index (κ1) is 14.6. The monoisotopic (exact) mass is 291 g/mol. The summed E-state index contributed by atoms with van der Waals surface area (Å²) in [5.41, 5.74) is 4.74. The Morgan fingerprint density at radius 3 is 2.82 bits per heavy atom. The van der Waals surface area contributed by atoms with Crippen LogP contribution in [0.5, 0.6) is 0 Å². The summed E-state index contributed by atoms with van der Waals surface area (Å²) in [7, 11) is 2.13. The van der Waals surface area contributed by atoms with E-state index in [0.717, 1.165) is 18.7 Å². The van der Waals surface area contributed by atoms with Gasteiger partial charge in [-0.05, 0) is 25.6 Å². The number of hydrogen-bond donors (Lipinski definition) is 0. The number of likely N-dealkylation sites (N-methyl/N-ethyl adjacent to an activating group) is 1. The first-order valence-corrected chi connectivity index (χ1v) is 7.59. The number of para-hydroxylation sites is 1. The Labute approximate surface area is 131 Å². The Bertz CT molecular complexity index is 785. The zero-order valence-electron chi connectivity index (χ0n) is 13.1. The molecule has 3 aromatic rings. The lowest BCUT2D eigenvalue weighted by atomic mass is 10.1. The molecule has 0 fully saturated rings. The van der Waals surface area contributed by atoms with Crippen LogP contribution in [0.3, 0.4) is 0 Å². The number of hydrogen-bond acceptors (Lipinski definition) is 2. The first-order chi connectivity index (χ1) is 10.7. The summed E-state index contributed by atoms with van der Waals surface area (Å²) < 4.78 is 5.59. The van der Waals surface area contributed by atoms with Gasteiger partial charge in [0.05, 0.1) is 6.26 Å². The Morgan fingerprint density at radius 1 is 1.09 bits per heavy atom. The molecule has 0 aliphatic heterocycles. The third-order valence-electron chi connectivity index (χ3n) is 3.77. The van der Waals surface area contributed by atoms with Gasteiger partial charge < -0.3 is 4.42 Å². The highest BCUT2D eigenvalue weighted by molar-refractivity contribution is 5.80. The predicted octanol–water partition coefficient (Wildman–Crippen LogP) is 4.89. The minimum Gasteiger partial charge on any atom is -0.464 e. The van der Waals surface area contributed by atoms with Crippen LogP contribution in [0.1, 0.15) is 16.7 Å². The Balaban J connectivity index is 1.62. The summed E-state index contributed by atoms with van der Waals surface area (Å²) in [4.78, 5) is 2.28. The molecule has 2 heteroatoms. The van der Waals surface area contributed by atoms with Crippen LogP contribution >= 0.6 is 0 Å². The zero-order valence-corrected chi connectivity index (χ0v) is 13.1. The Hall–Kier alpha value is -2.32. The molecule has 0 aliphatic rings. The third-order valence-corrected chi connectivity index (χ3v) is 3.77. The van der Waals surface area contributed by atoms with E-state index in [9.17, 15) is 0 Å². The predicted molar refractivity (Wildman–Crippen MR) is 92.8 cm³/mol. The normalized spacial score (nSPS) is 11.8. The fraction of sp³-hybridized carbons (Fsp3) is 0.200. The molecule has 22 heavy (non-hydrogen) atoms. The van der Waals surface area contributed by atoms with Crippen molar-refractivity contribution in [1.29, 1.82) is 0 Å². The molecule has 2 nitrogen and oxygen atoms in total. The molecule has 2 aromatic carbocycles. The van der Waals surface area contributed by atoms with E-state index in [4.69, 9.17) is 4.42 Å². The van der Waals surface area contributed by atoms with Gasteiger partial charge in [0.15, 0.2) is 0 Å². The fourth-order valence-corrected chi connectivity index (χ4v) is 2.65. The van der Waals surface area contributed by atoms with Crippen LogP contribution in [-0.4, -0.2) is 18.5 Å². The van der Waals surface area contributed by atoms with E-state index in [2.05, 4.69) is 67.4 Å². The van der Waals surface area contributed by atoms with Gasteiger partial charge in [0.25, 0.3) is 0 Å². The van der Waals surface area contributed by atoms with Crippen molar-refractivity contribution < 1.29 is 4.42 Å². The molecule has 0 N–H and O–H groups in total. The van der Waals surface area contributed by atoms with Crippen molar-refractivity contribution in [2.45, 2.75) is 13.5 Å². The quantitative estimate of drug-likeness (QED) is 0.665. The van der Waals surface area contributed by atoms with Gasteiger partial charge in [0.2, 0.25) is 0 Å². The molecule has 1 heterocycles. The van der Waals surface area contributed by atoms with Crippen LogP contribution in [0.25, 0.3) is 17.0 Å². The van der Waals surface area contributed by atoms with Crippen LogP contribution < -0.4 is 0 Å². The molecule has 1 aromatic heterocycles. The van der Waals surface area contributed by atoms with E-state index in [1.54, 1.807) is 0 Å². The first-order valence-electron chi connectivity index (χ1n) is 7.59. The number of rotatable bonds is 5. The molecular weight excluding hydrogens is 270 g/mol. The molecule has 3 rings (SSSR count). The second kappa shape index (κ2) is 6.63. The number of nitrogens with zero attached hydrogens (tertiary/aromatic N) is 1. The highest BCUT2D eigenvalue weighted by Gasteiger charge is 2.06. The number of benzene rings is 2. The van der Waals surface area contributed by atoms with Gasteiger partial charge in [0, 0.05) is 24.0 Å². The smallest absolute Gasteiger partial charge is 0.134 e. The average Bonchev–Trinajstić information content (AvgIpc) is 2.91. The van der Waals surface area contributed by atoms with Crippen LogP contribution in [0, 0.1) is 6.92 Å². The van der Waals surface area contributed by atoms with Crippen molar-refractivity contribution in [3.05, 3.63) is 77.6 Å². The highest BCUT2D eigenvalue weighted by Crippen LogP contribution is 2.21. The van der Waals surface area contributed by atoms with E-state index in [0.29, 0.717) is 0 Å². The van der Waals surface area contributed by atoms with Crippen molar-refractivity contribution in [2.24, 2.45) is 0 Å². The zero-order chi connectivity index (χ0) is 15.4. The lowest BCUT2D eigenvalue weighted by Gasteiger charge is -2.13. The number of furan rings is 1. The van der Waals surface area contributed by atoms with Gasteiger partial charge in [-0.1, -0.05) is 60.2 Å².